The van der Waals surface area contributed by atoms with Crippen LogP contribution in [0.3, 0.4) is 0 Å². The van der Waals surface area contributed by atoms with Crippen LogP contribution in [-0.2, 0) is 23.9 Å². The van der Waals surface area contributed by atoms with E-state index in [1.54, 1.807) is 0 Å². The molecule has 1 N–H and O–H groups in total. The maximum absolute atomic E-state index is 12.0. The fraction of sp³-hybridized carbons (Fsp3) is 0.556. The molecular weight excluding hydrogens is 310 g/mol. The van der Waals surface area contributed by atoms with Crippen LogP contribution in [0, 0.1) is 5.92 Å². The number of carbonyl (C=O) groups is 2. The second kappa shape index (κ2) is 7.77. The molecule has 2 atom stereocenters. The molecule has 0 bridgehead atoms. The second-order valence-corrected chi connectivity index (χ2v) is 6.64. The van der Waals surface area contributed by atoms with Crippen LogP contribution in [0.25, 0.3) is 0 Å². The molecular formula is C18H25NO5. The number of benzene rings is 1. The minimum Gasteiger partial charge on any atom is -0.468 e. The van der Waals surface area contributed by atoms with E-state index >= 15 is 0 Å². The van der Waals surface area contributed by atoms with Gasteiger partial charge < -0.3 is 9.47 Å². The van der Waals surface area contributed by atoms with E-state index < -0.39 is 17.9 Å². The summed E-state index contributed by atoms with van der Waals surface area (Å²) in [6.07, 6.45) is 1.01. The molecule has 6 heteroatoms. The highest BCUT2D eigenvalue weighted by Crippen LogP contribution is 2.37. The Labute approximate surface area is 142 Å². The van der Waals surface area contributed by atoms with Crippen molar-refractivity contribution in [3.63, 3.8) is 0 Å². The predicted octanol–water partition coefficient (Wildman–Crippen LogP) is 2.19. The number of hydrogen-bond donors (Lipinski definition) is 1. The van der Waals surface area contributed by atoms with E-state index in [2.05, 4.69) is 5.48 Å². The molecule has 0 saturated carbocycles. The van der Waals surface area contributed by atoms with Gasteiger partial charge in [-0.2, -0.15) is 5.48 Å². The van der Waals surface area contributed by atoms with Gasteiger partial charge in [0.1, 0.15) is 0 Å². The number of rotatable bonds is 5. The number of carbonyl (C=O) groups excluding carboxylic acids is 2. The topological polar surface area (TPSA) is 73.9 Å². The summed E-state index contributed by atoms with van der Waals surface area (Å²) < 4.78 is 9.50. The van der Waals surface area contributed by atoms with Gasteiger partial charge in [0.2, 0.25) is 0 Å². The van der Waals surface area contributed by atoms with Crippen molar-refractivity contribution in [1.82, 2.24) is 5.48 Å². The molecule has 1 heterocycles. The van der Waals surface area contributed by atoms with Crippen molar-refractivity contribution >= 4 is 11.9 Å². The van der Waals surface area contributed by atoms with Gasteiger partial charge in [-0.05, 0) is 32.3 Å². The molecule has 0 aliphatic carbocycles. The summed E-state index contributed by atoms with van der Waals surface area (Å²) in [5.41, 5.74) is 3.83. The van der Waals surface area contributed by atoms with Gasteiger partial charge in [-0.1, -0.05) is 30.3 Å². The van der Waals surface area contributed by atoms with Crippen molar-refractivity contribution in [3.8, 4) is 0 Å². The first-order valence-electron chi connectivity index (χ1n) is 8.02. The molecule has 0 unspecified atom stereocenters. The predicted molar refractivity (Wildman–Crippen MR) is 88.0 cm³/mol. The van der Waals surface area contributed by atoms with E-state index in [-0.39, 0.29) is 24.0 Å². The third kappa shape index (κ3) is 4.33. The van der Waals surface area contributed by atoms with E-state index in [0.29, 0.717) is 0 Å². The van der Waals surface area contributed by atoms with E-state index in [4.69, 9.17) is 14.3 Å². The lowest BCUT2D eigenvalue weighted by atomic mass is 9.78. The SMILES string of the molecule is COC(=O)C(C[C@@H]1NOC(C)(C)C[C@H]1c1ccccc1)C(=O)OC. The summed E-state index contributed by atoms with van der Waals surface area (Å²) >= 11 is 0. The second-order valence-electron chi connectivity index (χ2n) is 6.64. The number of nitrogens with one attached hydrogen (secondary N) is 1. The van der Waals surface area contributed by atoms with Crippen LogP contribution < -0.4 is 5.48 Å². The van der Waals surface area contributed by atoms with Gasteiger partial charge >= 0.3 is 11.9 Å². The zero-order valence-corrected chi connectivity index (χ0v) is 14.6. The van der Waals surface area contributed by atoms with Gasteiger partial charge in [-0.25, -0.2) is 0 Å². The van der Waals surface area contributed by atoms with Crippen molar-refractivity contribution in [1.29, 1.82) is 0 Å². The van der Waals surface area contributed by atoms with Gasteiger partial charge in [-0.3, -0.25) is 14.4 Å². The highest BCUT2D eigenvalue weighted by molar-refractivity contribution is 5.94. The minimum atomic E-state index is -0.978. The molecule has 1 aliphatic heterocycles. The first-order chi connectivity index (χ1) is 11.4. The summed E-state index contributed by atoms with van der Waals surface area (Å²) in [6, 6.07) is 9.81. The van der Waals surface area contributed by atoms with Crippen LogP contribution in [0.1, 0.15) is 38.2 Å². The lowest BCUT2D eigenvalue weighted by molar-refractivity contribution is -0.165. The number of ether oxygens (including phenoxy) is 2. The average Bonchev–Trinajstić information content (AvgIpc) is 2.59. The van der Waals surface area contributed by atoms with Crippen LogP contribution in [-0.4, -0.2) is 37.8 Å². The molecule has 0 amide bonds. The Morgan fingerprint density at radius 3 is 2.33 bits per heavy atom. The third-order valence-corrected chi connectivity index (χ3v) is 4.37. The van der Waals surface area contributed by atoms with E-state index in [1.807, 2.05) is 44.2 Å². The van der Waals surface area contributed by atoms with Gasteiger partial charge in [-0.15, -0.1) is 0 Å². The summed E-state index contributed by atoms with van der Waals surface area (Å²) in [5, 5.41) is 0. The maximum atomic E-state index is 12.0. The number of hydroxylamine groups is 1. The van der Waals surface area contributed by atoms with Crippen molar-refractivity contribution in [3.05, 3.63) is 35.9 Å². The molecule has 0 radical (unpaired) electrons. The van der Waals surface area contributed by atoms with Crippen LogP contribution in [0.5, 0.6) is 0 Å². The molecule has 0 spiro atoms. The normalized spacial score (nSPS) is 22.9. The van der Waals surface area contributed by atoms with E-state index in [0.717, 1.165) is 12.0 Å². The standard InChI is InChI=1S/C18H25NO5/c1-18(2)11-14(12-8-6-5-7-9-12)15(19-24-18)10-13(16(20)22-3)17(21)23-4/h5-9,13-15,19H,10-11H2,1-4H3/t14-,15-/m0/s1. The Bertz CT molecular complexity index is 556. The van der Waals surface area contributed by atoms with Crippen LogP contribution in [0.4, 0.5) is 0 Å². The zero-order chi connectivity index (χ0) is 17.7. The lowest BCUT2D eigenvalue weighted by Crippen LogP contribution is -2.51. The van der Waals surface area contributed by atoms with Crippen molar-refractivity contribution < 1.29 is 23.9 Å². The van der Waals surface area contributed by atoms with Crippen LogP contribution >= 0.6 is 0 Å². The molecule has 24 heavy (non-hydrogen) atoms. The number of esters is 2. The molecule has 0 aromatic heterocycles. The quantitative estimate of drug-likeness (QED) is 0.657. The molecule has 1 saturated heterocycles. The largest absolute Gasteiger partial charge is 0.468 e. The Morgan fingerprint density at radius 2 is 1.79 bits per heavy atom. The number of hydrogen-bond acceptors (Lipinski definition) is 6. The van der Waals surface area contributed by atoms with Crippen molar-refractivity contribution in [2.45, 2.75) is 44.2 Å². The monoisotopic (exact) mass is 335 g/mol. The summed E-state index contributed by atoms with van der Waals surface area (Å²) in [5.74, 6) is -2.07. The first kappa shape index (κ1) is 18.4. The molecule has 132 valence electrons. The molecule has 1 fully saturated rings. The average molecular weight is 335 g/mol. The fourth-order valence-electron chi connectivity index (χ4n) is 3.12. The van der Waals surface area contributed by atoms with Crippen LogP contribution in [0.15, 0.2) is 30.3 Å². The highest BCUT2D eigenvalue weighted by atomic mass is 16.7. The summed E-state index contributed by atoms with van der Waals surface area (Å²) in [4.78, 5) is 29.6. The Hall–Kier alpha value is -1.92. The molecule has 2 rings (SSSR count). The molecule has 1 aromatic carbocycles. The van der Waals surface area contributed by atoms with E-state index in [1.165, 1.54) is 14.2 Å². The van der Waals surface area contributed by atoms with Gasteiger partial charge in [0.15, 0.2) is 5.92 Å². The van der Waals surface area contributed by atoms with Crippen LogP contribution in [0.2, 0.25) is 0 Å². The maximum Gasteiger partial charge on any atom is 0.320 e. The van der Waals surface area contributed by atoms with Gasteiger partial charge in [0, 0.05) is 12.0 Å². The fourth-order valence-corrected chi connectivity index (χ4v) is 3.12. The summed E-state index contributed by atoms with van der Waals surface area (Å²) in [7, 11) is 2.53. The highest BCUT2D eigenvalue weighted by Gasteiger charge is 2.41. The Kier molecular flexibility index (Phi) is 5.96. The zero-order valence-electron chi connectivity index (χ0n) is 14.6. The number of methoxy groups -OCH3 is 2. The van der Waals surface area contributed by atoms with Crippen molar-refractivity contribution in [2.24, 2.45) is 5.92 Å². The van der Waals surface area contributed by atoms with Gasteiger partial charge in [0.25, 0.3) is 0 Å². The third-order valence-electron chi connectivity index (χ3n) is 4.37. The Balaban J connectivity index is 2.24. The van der Waals surface area contributed by atoms with Gasteiger partial charge in [0.05, 0.1) is 19.8 Å². The summed E-state index contributed by atoms with van der Waals surface area (Å²) in [6.45, 7) is 4.01. The Morgan fingerprint density at radius 1 is 1.21 bits per heavy atom. The van der Waals surface area contributed by atoms with Crippen molar-refractivity contribution in [2.75, 3.05) is 14.2 Å². The molecule has 1 aromatic rings. The first-order valence-corrected chi connectivity index (χ1v) is 8.02. The minimum absolute atomic E-state index is 0.103. The van der Waals surface area contributed by atoms with E-state index in [9.17, 15) is 9.59 Å². The molecule has 1 aliphatic rings. The lowest BCUT2D eigenvalue weighted by Gasteiger charge is -2.42. The molecule has 6 nitrogen and oxygen atoms in total. The smallest absolute Gasteiger partial charge is 0.320 e.